The highest BCUT2D eigenvalue weighted by Gasteiger charge is 2.29. The van der Waals surface area contributed by atoms with Crippen molar-refractivity contribution in [2.75, 3.05) is 31.1 Å². The van der Waals surface area contributed by atoms with Crippen molar-refractivity contribution in [2.24, 2.45) is 5.92 Å². The number of aliphatic hydroxyl groups is 1. The lowest BCUT2D eigenvalue weighted by molar-refractivity contribution is 0.0557. The zero-order valence-electron chi connectivity index (χ0n) is 20.7. The van der Waals surface area contributed by atoms with Crippen molar-refractivity contribution < 1.29 is 18.6 Å². The van der Waals surface area contributed by atoms with E-state index in [4.69, 9.17) is 4.74 Å². The fourth-order valence-corrected chi connectivity index (χ4v) is 5.88. The van der Waals surface area contributed by atoms with Crippen LogP contribution in [0, 0.1) is 17.6 Å². The van der Waals surface area contributed by atoms with Gasteiger partial charge in [-0.1, -0.05) is 0 Å². The molecular formula is C27H36F2N4O2. The van der Waals surface area contributed by atoms with Crippen LogP contribution in [-0.4, -0.2) is 64.4 Å². The van der Waals surface area contributed by atoms with E-state index in [0.717, 1.165) is 51.6 Å². The van der Waals surface area contributed by atoms with Crippen molar-refractivity contribution >= 4 is 5.69 Å². The van der Waals surface area contributed by atoms with Crippen LogP contribution < -0.4 is 9.64 Å². The minimum absolute atomic E-state index is 0.127. The van der Waals surface area contributed by atoms with Gasteiger partial charge in [-0.05, 0) is 83.5 Å². The Morgan fingerprint density at radius 1 is 1.03 bits per heavy atom. The second kappa shape index (κ2) is 10.3. The maximum absolute atomic E-state index is 14.9. The number of aliphatic hydroxyl groups excluding tert-OH is 1. The maximum atomic E-state index is 14.9. The van der Waals surface area contributed by atoms with Crippen molar-refractivity contribution in [3.05, 3.63) is 35.8 Å². The normalized spacial score (nSPS) is 23.9. The van der Waals surface area contributed by atoms with Gasteiger partial charge in [0.15, 0.2) is 17.4 Å². The number of nitrogens with zero attached hydrogens (tertiary/aromatic N) is 4. The van der Waals surface area contributed by atoms with Crippen molar-refractivity contribution in [3.8, 4) is 17.0 Å². The Morgan fingerprint density at radius 3 is 2.49 bits per heavy atom. The Bertz CT molecular complexity index is 1030. The van der Waals surface area contributed by atoms with E-state index in [0.29, 0.717) is 48.6 Å². The third kappa shape index (κ3) is 5.28. The molecule has 3 heterocycles. The van der Waals surface area contributed by atoms with Crippen LogP contribution in [0.15, 0.2) is 18.3 Å². The van der Waals surface area contributed by atoms with Gasteiger partial charge in [-0.25, -0.2) is 18.7 Å². The molecule has 3 aliphatic rings. The quantitative estimate of drug-likeness (QED) is 0.667. The number of aromatic nitrogens is 2. The van der Waals surface area contributed by atoms with Crippen molar-refractivity contribution in [2.45, 2.75) is 77.0 Å². The van der Waals surface area contributed by atoms with E-state index in [9.17, 15) is 13.9 Å². The number of hydrogen-bond acceptors (Lipinski definition) is 6. The van der Waals surface area contributed by atoms with Gasteiger partial charge in [0.1, 0.15) is 18.1 Å². The minimum atomic E-state index is -0.546. The summed E-state index contributed by atoms with van der Waals surface area (Å²) in [4.78, 5) is 13.5. The van der Waals surface area contributed by atoms with Crippen LogP contribution in [0.2, 0.25) is 0 Å². The molecule has 8 heteroatoms. The zero-order chi connectivity index (χ0) is 24.5. The number of anilines is 1. The number of ether oxygens (including phenoxy) is 1. The Balaban J connectivity index is 1.30. The number of rotatable bonds is 5. The van der Waals surface area contributed by atoms with E-state index in [1.165, 1.54) is 12.3 Å². The maximum Gasteiger partial charge on any atom is 0.178 e. The highest BCUT2D eigenvalue weighted by Crippen LogP contribution is 2.39. The first-order chi connectivity index (χ1) is 16.9. The van der Waals surface area contributed by atoms with Crippen LogP contribution in [0.1, 0.15) is 58.2 Å². The summed E-state index contributed by atoms with van der Waals surface area (Å²) in [5.74, 6) is 0.238. The predicted molar refractivity (Wildman–Crippen MR) is 132 cm³/mol. The smallest absolute Gasteiger partial charge is 0.178 e. The van der Waals surface area contributed by atoms with E-state index in [2.05, 4.69) is 19.8 Å². The van der Waals surface area contributed by atoms with E-state index in [-0.39, 0.29) is 23.6 Å². The van der Waals surface area contributed by atoms with Crippen LogP contribution in [0.5, 0.6) is 5.75 Å². The SMILES string of the molecule is CC(C)N1CCOc2c(F)cc(-c3nc(CC4CCN(C5CCC(O)CC5)CC4)ncc3F)cc21. The third-order valence-corrected chi connectivity index (χ3v) is 7.91. The molecule has 0 unspecified atom stereocenters. The standard InChI is InChI=1S/C27H36F2N4O2/c1-17(2)33-11-12-35-27-22(28)14-19(15-24(27)33)26-23(29)16-30-25(31-26)13-18-7-9-32(10-8-18)20-3-5-21(34)6-4-20/h14-18,20-21,34H,3-13H2,1-2H3. The molecule has 1 aromatic carbocycles. The van der Waals surface area contributed by atoms with E-state index >= 15 is 0 Å². The average Bonchev–Trinajstić information content (AvgIpc) is 2.86. The summed E-state index contributed by atoms with van der Waals surface area (Å²) >= 11 is 0. The van der Waals surface area contributed by atoms with E-state index < -0.39 is 11.6 Å². The van der Waals surface area contributed by atoms with Crippen LogP contribution in [0.4, 0.5) is 14.5 Å². The summed E-state index contributed by atoms with van der Waals surface area (Å²) in [7, 11) is 0. The van der Waals surface area contributed by atoms with Gasteiger partial charge in [0.25, 0.3) is 0 Å². The highest BCUT2D eigenvalue weighted by molar-refractivity contribution is 5.72. The fraction of sp³-hybridized carbons (Fsp3) is 0.630. The molecule has 1 N–H and O–H groups in total. The Kier molecular flexibility index (Phi) is 7.21. The second-order valence-corrected chi connectivity index (χ2v) is 10.6. The lowest BCUT2D eigenvalue weighted by Crippen LogP contribution is -2.44. The highest BCUT2D eigenvalue weighted by atomic mass is 19.1. The molecule has 0 amide bonds. The van der Waals surface area contributed by atoms with Gasteiger partial charge in [0, 0.05) is 24.1 Å². The number of piperidine rings is 1. The summed E-state index contributed by atoms with van der Waals surface area (Å²) in [6.45, 7) is 7.26. The molecule has 2 aliphatic heterocycles. The first kappa shape index (κ1) is 24.4. The van der Waals surface area contributed by atoms with Crippen LogP contribution in [-0.2, 0) is 6.42 Å². The molecule has 2 fully saturated rings. The molecule has 1 aliphatic carbocycles. The number of hydrogen-bond donors (Lipinski definition) is 1. The minimum Gasteiger partial charge on any atom is -0.486 e. The molecule has 6 nitrogen and oxygen atoms in total. The van der Waals surface area contributed by atoms with Crippen molar-refractivity contribution in [1.29, 1.82) is 0 Å². The predicted octanol–water partition coefficient (Wildman–Crippen LogP) is 4.59. The van der Waals surface area contributed by atoms with Gasteiger partial charge in [-0.15, -0.1) is 0 Å². The molecule has 0 spiro atoms. The third-order valence-electron chi connectivity index (χ3n) is 7.91. The molecule has 1 saturated heterocycles. The lowest BCUT2D eigenvalue weighted by atomic mass is 9.88. The van der Waals surface area contributed by atoms with Crippen LogP contribution in [0.3, 0.4) is 0 Å². The monoisotopic (exact) mass is 486 g/mol. The van der Waals surface area contributed by atoms with E-state index in [1.54, 1.807) is 6.07 Å². The summed E-state index contributed by atoms with van der Waals surface area (Å²) in [5, 5.41) is 9.78. The summed E-state index contributed by atoms with van der Waals surface area (Å²) in [6.07, 6.45) is 7.86. The number of halogens is 2. The topological polar surface area (TPSA) is 61.7 Å². The summed E-state index contributed by atoms with van der Waals surface area (Å²) in [5.41, 5.74) is 1.19. The zero-order valence-corrected chi connectivity index (χ0v) is 20.7. The fourth-order valence-electron chi connectivity index (χ4n) is 5.88. The first-order valence-electron chi connectivity index (χ1n) is 13.1. The summed E-state index contributed by atoms with van der Waals surface area (Å²) < 4.78 is 35.3. The summed E-state index contributed by atoms with van der Waals surface area (Å²) in [6, 6.07) is 3.85. The van der Waals surface area contributed by atoms with Gasteiger partial charge in [0.05, 0.1) is 24.5 Å². The number of benzene rings is 1. The second-order valence-electron chi connectivity index (χ2n) is 10.6. The van der Waals surface area contributed by atoms with Gasteiger partial charge in [-0.3, -0.25) is 0 Å². The molecule has 190 valence electrons. The largest absolute Gasteiger partial charge is 0.486 e. The van der Waals surface area contributed by atoms with Crippen LogP contribution >= 0.6 is 0 Å². The van der Waals surface area contributed by atoms with Crippen molar-refractivity contribution in [3.63, 3.8) is 0 Å². The average molecular weight is 487 g/mol. The molecule has 2 aromatic rings. The van der Waals surface area contributed by atoms with Gasteiger partial charge >= 0.3 is 0 Å². The lowest BCUT2D eigenvalue weighted by Gasteiger charge is -2.40. The van der Waals surface area contributed by atoms with Gasteiger partial charge in [-0.2, -0.15) is 0 Å². The molecule has 35 heavy (non-hydrogen) atoms. The van der Waals surface area contributed by atoms with Gasteiger partial charge in [0.2, 0.25) is 0 Å². The molecule has 0 bridgehead atoms. The van der Waals surface area contributed by atoms with E-state index in [1.807, 2.05) is 13.8 Å². The molecule has 0 radical (unpaired) electrons. The Morgan fingerprint density at radius 2 is 1.77 bits per heavy atom. The van der Waals surface area contributed by atoms with Crippen LogP contribution in [0.25, 0.3) is 11.3 Å². The Hall–Kier alpha value is -2.32. The molecule has 1 saturated carbocycles. The van der Waals surface area contributed by atoms with Crippen molar-refractivity contribution in [1.82, 2.24) is 14.9 Å². The molecule has 0 atom stereocenters. The molecular weight excluding hydrogens is 450 g/mol. The number of fused-ring (bicyclic) bond motifs is 1. The molecule has 5 rings (SSSR count). The first-order valence-corrected chi connectivity index (χ1v) is 13.1. The number of likely N-dealkylation sites (tertiary alicyclic amines) is 1. The molecule has 1 aromatic heterocycles. The van der Waals surface area contributed by atoms with Gasteiger partial charge < -0.3 is 19.6 Å². The Labute approximate surface area is 206 Å².